The smallest absolute Gasteiger partial charge is 0.0946 e. The molecule has 0 radical (unpaired) electrons. The van der Waals surface area contributed by atoms with Crippen LogP contribution in [0.5, 0.6) is 0 Å². The molecule has 3 N–H and O–H groups in total. The Morgan fingerprint density at radius 1 is 0.590 bits per heavy atom. The molecule has 4 aromatic heterocycles. The Labute approximate surface area is 225 Å². The number of rotatable bonds is 4. The minimum absolute atomic E-state index is 0.0699. The molecular weight excluding hydrogens is 476 g/mol. The zero-order valence-electron chi connectivity index (χ0n) is 21.5. The van der Waals surface area contributed by atoms with Crippen LogP contribution in [0.2, 0.25) is 0 Å². The van der Waals surface area contributed by atoms with Gasteiger partial charge in [-0.3, -0.25) is 0 Å². The standard InChI is InChI=1S/C35H26N4/c1-21-14-16-22(17-15-21)34-35-26(23-8-4-7-13-31(23)38-35)18-32(39-34)33(27-19-36-29-11-5-2-9-24(27)29)28-20-37-30-12-6-3-10-25(28)30/h2-20,33,36-38H,1H3. The maximum atomic E-state index is 5.46. The molecule has 0 bridgehead atoms. The fraction of sp³-hybridized carbons (Fsp3) is 0.0571. The molecule has 4 aromatic carbocycles. The van der Waals surface area contributed by atoms with Crippen LogP contribution in [0.3, 0.4) is 0 Å². The molecular formula is C35H26N4. The second-order valence-electron chi connectivity index (χ2n) is 10.4. The summed E-state index contributed by atoms with van der Waals surface area (Å²) in [5.74, 6) is -0.0699. The van der Waals surface area contributed by atoms with Crippen molar-refractivity contribution in [2.45, 2.75) is 12.8 Å². The molecule has 0 amide bonds. The van der Waals surface area contributed by atoms with Crippen LogP contribution >= 0.6 is 0 Å². The molecule has 4 nitrogen and oxygen atoms in total. The quantitative estimate of drug-likeness (QED) is 0.221. The first-order valence-corrected chi connectivity index (χ1v) is 13.3. The van der Waals surface area contributed by atoms with E-state index in [9.17, 15) is 0 Å². The van der Waals surface area contributed by atoms with Gasteiger partial charge in [0.1, 0.15) is 0 Å². The summed E-state index contributed by atoms with van der Waals surface area (Å²) in [6.07, 6.45) is 4.31. The molecule has 0 aliphatic carbocycles. The number of fused-ring (bicyclic) bond motifs is 5. The van der Waals surface area contributed by atoms with Gasteiger partial charge >= 0.3 is 0 Å². The Balaban J connectivity index is 1.48. The summed E-state index contributed by atoms with van der Waals surface area (Å²) >= 11 is 0. The van der Waals surface area contributed by atoms with Gasteiger partial charge in [0.05, 0.1) is 22.8 Å². The molecule has 4 heteroatoms. The number of hydrogen-bond acceptors (Lipinski definition) is 1. The van der Waals surface area contributed by atoms with Crippen LogP contribution in [-0.4, -0.2) is 19.9 Å². The fourth-order valence-corrected chi connectivity index (χ4v) is 6.09. The summed E-state index contributed by atoms with van der Waals surface area (Å²) < 4.78 is 0. The van der Waals surface area contributed by atoms with Crippen molar-refractivity contribution in [3.63, 3.8) is 0 Å². The van der Waals surface area contributed by atoms with E-state index in [1.54, 1.807) is 0 Å². The lowest BCUT2D eigenvalue weighted by Crippen LogP contribution is -2.06. The molecule has 0 unspecified atom stereocenters. The van der Waals surface area contributed by atoms with E-state index in [1.165, 1.54) is 38.2 Å². The molecule has 8 aromatic rings. The zero-order valence-corrected chi connectivity index (χ0v) is 21.5. The van der Waals surface area contributed by atoms with Crippen LogP contribution in [0.15, 0.2) is 116 Å². The number of hydrogen-bond donors (Lipinski definition) is 3. The van der Waals surface area contributed by atoms with Crippen LogP contribution in [0.4, 0.5) is 0 Å². The molecule has 0 aliphatic heterocycles. The predicted molar refractivity (Wildman–Crippen MR) is 161 cm³/mol. The molecule has 0 atom stereocenters. The first-order chi connectivity index (χ1) is 19.2. The van der Waals surface area contributed by atoms with Crippen molar-refractivity contribution in [3.05, 3.63) is 138 Å². The lowest BCUT2D eigenvalue weighted by Gasteiger charge is -2.18. The maximum absolute atomic E-state index is 5.46. The Morgan fingerprint density at radius 2 is 1.15 bits per heavy atom. The first-order valence-electron chi connectivity index (χ1n) is 13.3. The summed E-state index contributed by atoms with van der Waals surface area (Å²) in [7, 11) is 0. The third-order valence-electron chi connectivity index (χ3n) is 8.00. The van der Waals surface area contributed by atoms with E-state index < -0.39 is 0 Å². The van der Waals surface area contributed by atoms with Gasteiger partial charge in [0.25, 0.3) is 0 Å². The number of nitrogens with one attached hydrogen (secondary N) is 3. The van der Waals surface area contributed by atoms with E-state index in [2.05, 4.69) is 137 Å². The fourth-order valence-electron chi connectivity index (χ4n) is 6.09. The lowest BCUT2D eigenvalue weighted by atomic mass is 9.86. The molecule has 0 fully saturated rings. The molecule has 39 heavy (non-hydrogen) atoms. The maximum Gasteiger partial charge on any atom is 0.0946 e. The molecule has 0 saturated carbocycles. The van der Waals surface area contributed by atoms with E-state index in [0.717, 1.165) is 39.0 Å². The van der Waals surface area contributed by atoms with Crippen molar-refractivity contribution < 1.29 is 0 Å². The van der Waals surface area contributed by atoms with Gasteiger partial charge in [0.15, 0.2) is 0 Å². The van der Waals surface area contributed by atoms with Gasteiger partial charge in [0, 0.05) is 56.1 Å². The van der Waals surface area contributed by atoms with E-state index in [4.69, 9.17) is 4.98 Å². The van der Waals surface area contributed by atoms with Crippen molar-refractivity contribution in [3.8, 4) is 11.3 Å². The average Bonchev–Trinajstić information content (AvgIpc) is 3.70. The van der Waals surface area contributed by atoms with E-state index in [0.29, 0.717) is 0 Å². The highest BCUT2D eigenvalue weighted by Crippen LogP contribution is 2.42. The van der Waals surface area contributed by atoms with Gasteiger partial charge < -0.3 is 15.0 Å². The number of para-hydroxylation sites is 3. The van der Waals surface area contributed by atoms with E-state index in [-0.39, 0.29) is 5.92 Å². The number of pyridine rings is 1. The average molecular weight is 503 g/mol. The van der Waals surface area contributed by atoms with E-state index >= 15 is 0 Å². The van der Waals surface area contributed by atoms with Crippen molar-refractivity contribution in [1.82, 2.24) is 19.9 Å². The monoisotopic (exact) mass is 502 g/mol. The number of benzene rings is 4. The highest BCUT2D eigenvalue weighted by atomic mass is 14.8. The minimum Gasteiger partial charge on any atom is -0.361 e. The zero-order chi connectivity index (χ0) is 25.9. The number of H-pyrrole nitrogens is 3. The predicted octanol–water partition coefficient (Wildman–Crippen LogP) is 8.83. The summed E-state index contributed by atoms with van der Waals surface area (Å²) in [6, 6.07) is 36.6. The summed E-state index contributed by atoms with van der Waals surface area (Å²) in [4.78, 5) is 16.2. The van der Waals surface area contributed by atoms with Gasteiger partial charge in [-0.1, -0.05) is 84.4 Å². The second-order valence-corrected chi connectivity index (χ2v) is 10.4. The van der Waals surface area contributed by atoms with Crippen LogP contribution in [0.25, 0.3) is 54.9 Å². The van der Waals surface area contributed by atoms with Crippen LogP contribution < -0.4 is 0 Å². The highest BCUT2D eigenvalue weighted by Gasteiger charge is 2.26. The molecule has 0 saturated heterocycles. The summed E-state index contributed by atoms with van der Waals surface area (Å²) in [5, 5.41) is 4.83. The van der Waals surface area contributed by atoms with Gasteiger partial charge in [0.2, 0.25) is 0 Å². The van der Waals surface area contributed by atoms with Crippen LogP contribution in [0, 0.1) is 6.92 Å². The Hall–Kier alpha value is -5.09. The second kappa shape index (κ2) is 8.47. The summed E-state index contributed by atoms with van der Waals surface area (Å²) in [6.45, 7) is 2.12. The Kier molecular flexibility index (Phi) is 4.76. The van der Waals surface area contributed by atoms with Crippen molar-refractivity contribution in [2.75, 3.05) is 0 Å². The third kappa shape index (κ3) is 3.42. The van der Waals surface area contributed by atoms with Gasteiger partial charge in [-0.15, -0.1) is 0 Å². The van der Waals surface area contributed by atoms with Gasteiger partial charge in [-0.2, -0.15) is 0 Å². The number of aromatic amines is 3. The largest absolute Gasteiger partial charge is 0.361 e. The first kappa shape index (κ1) is 21.9. The topological polar surface area (TPSA) is 60.3 Å². The molecule has 0 spiro atoms. The van der Waals surface area contributed by atoms with Crippen LogP contribution in [0.1, 0.15) is 28.3 Å². The van der Waals surface area contributed by atoms with Gasteiger partial charge in [-0.05, 0) is 42.3 Å². The Bertz CT molecular complexity index is 2070. The summed E-state index contributed by atoms with van der Waals surface area (Å²) in [5.41, 5.74) is 11.2. The van der Waals surface area contributed by atoms with Crippen molar-refractivity contribution in [1.29, 1.82) is 0 Å². The molecule has 186 valence electrons. The van der Waals surface area contributed by atoms with Gasteiger partial charge in [-0.25, -0.2) is 4.98 Å². The van der Waals surface area contributed by atoms with E-state index in [1.807, 2.05) is 0 Å². The highest BCUT2D eigenvalue weighted by molar-refractivity contribution is 6.11. The molecule has 0 aliphatic rings. The number of aryl methyl sites for hydroxylation is 1. The van der Waals surface area contributed by atoms with Crippen molar-refractivity contribution >= 4 is 43.6 Å². The normalized spacial score (nSPS) is 11.9. The SMILES string of the molecule is Cc1ccc(-c2nc(C(c3c[nH]c4ccccc34)c3c[nH]c4ccccc34)cc3c2[nH]c2ccccc23)cc1. The molecule has 8 rings (SSSR count). The Morgan fingerprint density at radius 3 is 1.79 bits per heavy atom. The lowest BCUT2D eigenvalue weighted by molar-refractivity contribution is 0.941. The number of nitrogens with zero attached hydrogens (tertiary/aromatic N) is 1. The number of aromatic nitrogens is 4. The molecule has 4 heterocycles. The van der Waals surface area contributed by atoms with Crippen LogP contribution in [-0.2, 0) is 0 Å². The third-order valence-corrected chi connectivity index (χ3v) is 8.00. The van der Waals surface area contributed by atoms with Crippen molar-refractivity contribution in [2.24, 2.45) is 0 Å². The minimum atomic E-state index is -0.0699.